The van der Waals surface area contributed by atoms with Gasteiger partial charge in [-0.25, -0.2) is 0 Å². The molecule has 0 unspecified atom stereocenters. The summed E-state index contributed by atoms with van der Waals surface area (Å²) in [5, 5.41) is 0. The van der Waals surface area contributed by atoms with Gasteiger partial charge in [-0.1, -0.05) is 50.0 Å². The van der Waals surface area contributed by atoms with E-state index in [-0.39, 0.29) is 0 Å². The van der Waals surface area contributed by atoms with Crippen molar-refractivity contribution in [3.05, 3.63) is 89.2 Å². The van der Waals surface area contributed by atoms with Gasteiger partial charge in [0, 0.05) is 29.1 Å². The van der Waals surface area contributed by atoms with Crippen molar-refractivity contribution in [1.29, 1.82) is 0 Å². The van der Waals surface area contributed by atoms with Gasteiger partial charge in [-0.05, 0) is 59.9 Å². The van der Waals surface area contributed by atoms with Crippen LogP contribution in [0.5, 0.6) is 0 Å². The molecule has 1 aromatic heterocycles. The SMILES string of the molecule is CCc1ccc(C#Cc2ccccc2)c(-c2ccncc2)c1CC. The zero-order valence-corrected chi connectivity index (χ0v) is 14.2. The van der Waals surface area contributed by atoms with Crippen LogP contribution in [0.3, 0.4) is 0 Å². The van der Waals surface area contributed by atoms with Crippen LogP contribution in [-0.4, -0.2) is 4.98 Å². The highest BCUT2D eigenvalue weighted by Crippen LogP contribution is 2.30. The molecular formula is C23H21N. The molecule has 0 aliphatic heterocycles. The van der Waals surface area contributed by atoms with Gasteiger partial charge in [-0.15, -0.1) is 0 Å². The Hall–Kier alpha value is -2.85. The molecule has 118 valence electrons. The molecule has 0 saturated heterocycles. The summed E-state index contributed by atoms with van der Waals surface area (Å²) < 4.78 is 0. The third-order valence-electron chi connectivity index (χ3n) is 4.23. The fraction of sp³-hybridized carbons (Fsp3) is 0.174. The number of aromatic nitrogens is 1. The molecule has 3 aromatic rings. The predicted molar refractivity (Wildman–Crippen MR) is 101 cm³/mol. The molecule has 0 radical (unpaired) electrons. The van der Waals surface area contributed by atoms with Gasteiger partial charge in [0.2, 0.25) is 0 Å². The second-order valence-electron chi connectivity index (χ2n) is 5.68. The molecule has 1 heteroatoms. The van der Waals surface area contributed by atoms with Crippen LogP contribution in [0.2, 0.25) is 0 Å². The summed E-state index contributed by atoms with van der Waals surface area (Å²) in [6.45, 7) is 4.42. The molecule has 1 nitrogen and oxygen atoms in total. The molecule has 0 saturated carbocycles. The first kappa shape index (κ1) is 16.0. The molecule has 3 rings (SSSR count). The number of hydrogen-bond donors (Lipinski definition) is 0. The first-order chi connectivity index (χ1) is 11.8. The van der Waals surface area contributed by atoms with Crippen LogP contribution < -0.4 is 0 Å². The van der Waals surface area contributed by atoms with Crippen LogP contribution in [0.25, 0.3) is 11.1 Å². The maximum absolute atomic E-state index is 4.16. The Morgan fingerprint density at radius 3 is 2.21 bits per heavy atom. The standard InChI is InChI=1S/C23H21N/c1-3-19-12-13-20(11-10-18-8-6-5-7-9-18)23(22(19)4-2)21-14-16-24-17-15-21/h5-9,12-17H,3-4H2,1-2H3. The van der Waals surface area contributed by atoms with Crippen molar-refractivity contribution in [3.63, 3.8) is 0 Å². The van der Waals surface area contributed by atoms with E-state index in [1.807, 2.05) is 42.7 Å². The van der Waals surface area contributed by atoms with Crippen LogP contribution in [0.15, 0.2) is 67.0 Å². The van der Waals surface area contributed by atoms with Gasteiger partial charge in [-0.2, -0.15) is 0 Å². The molecule has 0 aliphatic rings. The monoisotopic (exact) mass is 311 g/mol. The summed E-state index contributed by atoms with van der Waals surface area (Å²) in [5.74, 6) is 6.68. The first-order valence-corrected chi connectivity index (χ1v) is 8.45. The van der Waals surface area contributed by atoms with Crippen LogP contribution >= 0.6 is 0 Å². The van der Waals surface area contributed by atoms with E-state index < -0.39 is 0 Å². The van der Waals surface area contributed by atoms with Gasteiger partial charge in [0.1, 0.15) is 0 Å². The lowest BCUT2D eigenvalue weighted by atomic mass is 9.89. The lowest BCUT2D eigenvalue weighted by Gasteiger charge is -2.15. The zero-order chi connectivity index (χ0) is 16.8. The van der Waals surface area contributed by atoms with Crippen molar-refractivity contribution in [1.82, 2.24) is 4.98 Å². The molecule has 1 heterocycles. The van der Waals surface area contributed by atoms with E-state index in [9.17, 15) is 0 Å². The van der Waals surface area contributed by atoms with Crippen LogP contribution in [0.4, 0.5) is 0 Å². The topological polar surface area (TPSA) is 12.9 Å². The fourth-order valence-corrected chi connectivity index (χ4v) is 3.04. The molecule has 0 aliphatic carbocycles. The maximum atomic E-state index is 4.16. The van der Waals surface area contributed by atoms with E-state index in [0.717, 1.165) is 24.0 Å². The molecule has 2 aromatic carbocycles. The van der Waals surface area contributed by atoms with Gasteiger partial charge < -0.3 is 0 Å². The third kappa shape index (κ3) is 3.39. The quantitative estimate of drug-likeness (QED) is 0.600. The van der Waals surface area contributed by atoms with Crippen molar-refractivity contribution in [2.75, 3.05) is 0 Å². The van der Waals surface area contributed by atoms with Gasteiger partial charge in [0.05, 0.1) is 0 Å². The molecule has 0 N–H and O–H groups in total. The largest absolute Gasteiger partial charge is 0.265 e. The number of hydrogen-bond acceptors (Lipinski definition) is 1. The number of benzene rings is 2. The molecule has 0 fully saturated rings. The average Bonchev–Trinajstić information content (AvgIpc) is 2.67. The second kappa shape index (κ2) is 7.62. The highest BCUT2D eigenvalue weighted by Gasteiger charge is 2.12. The lowest BCUT2D eigenvalue weighted by molar-refractivity contribution is 1.04. The Labute approximate surface area is 144 Å². The first-order valence-electron chi connectivity index (χ1n) is 8.45. The minimum absolute atomic E-state index is 1.00. The number of aryl methyl sites for hydroxylation is 1. The Morgan fingerprint density at radius 2 is 1.54 bits per heavy atom. The summed E-state index contributed by atoms with van der Waals surface area (Å²) in [5.41, 5.74) is 7.35. The van der Waals surface area contributed by atoms with E-state index in [1.54, 1.807) is 0 Å². The molecule has 0 spiro atoms. The Morgan fingerprint density at radius 1 is 0.792 bits per heavy atom. The van der Waals surface area contributed by atoms with E-state index in [4.69, 9.17) is 0 Å². The summed E-state index contributed by atoms with van der Waals surface area (Å²) in [6.07, 6.45) is 5.74. The third-order valence-corrected chi connectivity index (χ3v) is 4.23. The minimum Gasteiger partial charge on any atom is -0.265 e. The molecule has 24 heavy (non-hydrogen) atoms. The summed E-state index contributed by atoms with van der Waals surface area (Å²) in [7, 11) is 0. The predicted octanol–water partition coefficient (Wildman–Crippen LogP) is 5.27. The number of rotatable bonds is 3. The second-order valence-corrected chi connectivity index (χ2v) is 5.68. The van der Waals surface area contributed by atoms with E-state index >= 15 is 0 Å². The maximum Gasteiger partial charge on any atom is 0.0330 e. The molecule has 0 amide bonds. The smallest absolute Gasteiger partial charge is 0.0330 e. The summed E-state index contributed by atoms with van der Waals surface area (Å²) in [6, 6.07) is 18.7. The van der Waals surface area contributed by atoms with Gasteiger partial charge in [0.15, 0.2) is 0 Å². The average molecular weight is 311 g/mol. The van der Waals surface area contributed by atoms with Gasteiger partial charge in [-0.3, -0.25) is 4.98 Å². The summed E-state index contributed by atoms with van der Waals surface area (Å²) >= 11 is 0. The highest BCUT2D eigenvalue weighted by molar-refractivity contribution is 5.76. The van der Waals surface area contributed by atoms with Crippen molar-refractivity contribution >= 4 is 0 Å². The molecule has 0 bridgehead atoms. The molecule has 0 atom stereocenters. The summed E-state index contributed by atoms with van der Waals surface area (Å²) in [4.78, 5) is 4.16. The fourth-order valence-electron chi connectivity index (χ4n) is 3.04. The van der Waals surface area contributed by atoms with Crippen molar-refractivity contribution in [2.45, 2.75) is 26.7 Å². The minimum atomic E-state index is 1.00. The Kier molecular flexibility index (Phi) is 5.08. The number of nitrogens with zero attached hydrogens (tertiary/aromatic N) is 1. The zero-order valence-electron chi connectivity index (χ0n) is 14.2. The lowest BCUT2D eigenvalue weighted by Crippen LogP contribution is -1.98. The normalized spacial score (nSPS) is 10.1. The molecular weight excluding hydrogens is 290 g/mol. The van der Waals surface area contributed by atoms with Crippen LogP contribution in [0.1, 0.15) is 36.1 Å². The van der Waals surface area contributed by atoms with Crippen molar-refractivity contribution < 1.29 is 0 Å². The highest BCUT2D eigenvalue weighted by atomic mass is 14.6. The van der Waals surface area contributed by atoms with E-state index in [1.165, 1.54) is 22.3 Å². The van der Waals surface area contributed by atoms with Gasteiger partial charge in [0.25, 0.3) is 0 Å². The van der Waals surface area contributed by atoms with E-state index in [2.05, 4.69) is 54.9 Å². The Balaban J connectivity index is 2.18. The Bertz CT molecular complexity index is 868. The van der Waals surface area contributed by atoms with E-state index in [0.29, 0.717) is 0 Å². The van der Waals surface area contributed by atoms with Crippen molar-refractivity contribution in [2.24, 2.45) is 0 Å². The number of pyridine rings is 1. The van der Waals surface area contributed by atoms with Crippen LogP contribution in [-0.2, 0) is 12.8 Å². The van der Waals surface area contributed by atoms with Crippen molar-refractivity contribution in [3.8, 4) is 23.0 Å². The van der Waals surface area contributed by atoms with Gasteiger partial charge >= 0.3 is 0 Å². The van der Waals surface area contributed by atoms with Crippen LogP contribution in [0, 0.1) is 11.8 Å².